The topological polar surface area (TPSA) is 55.6 Å². The fraction of sp³-hybridized carbons (Fsp3) is 0.158. The number of carbonyl (C=O) groups is 1. The zero-order valence-electron chi connectivity index (χ0n) is 14.0. The summed E-state index contributed by atoms with van der Waals surface area (Å²) in [5, 5.41) is 2.54. The Kier molecular flexibility index (Phi) is 4.73. The Hall–Kier alpha value is -2.64. The molecule has 0 bridgehead atoms. The van der Waals surface area contributed by atoms with Crippen molar-refractivity contribution in [1.82, 2.24) is 4.98 Å². The van der Waals surface area contributed by atoms with Crippen molar-refractivity contribution in [3.05, 3.63) is 64.7 Å². The Morgan fingerprint density at radius 3 is 2.92 bits per heavy atom. The van der Waals surface area contributed by atoms with E-state index in [4.69, 9.17) is 9.15 Å². The summed E-state index contributed by atoms with van der Waals surface area (Å²) in [5.74, 6) is 1.43. The lowest BCUT2D eigenvalue weighted by Crippen LogP contribution is -2.29. The number of benzene rings is 1. The van der Waals surface area contributed by atoms with Crippen LogP contribution in [0.25, 0.3) is 10.2 Å². The molecule has 0 N–H and O–H groups in total. The van der Waals surface area contributed by atoms with Crippen LogP contribution in [0.1, 0.15) is 22.4 Å². The van der Waals surface area contributed by atoms with Crippen LogP contribution in [0.15, 0.2) is 58.5 Å². The normalized spacial score (nSPS) is 11.0. The van der Waals surface area contributed by atoms with Crippen molar-refractivity contribution in [3.63, 3.8) is 0 Å². The molecular formula is C19H16N2O3S2. The molecule has 4 aromatic rings. The zero-order valence-corrected chi connectivity index (χ0v) is 15.7. The molecule has 132 valence electrons. The van der Waals surface area contributed by atoms with Crippen LogP contribution in [0.2, 0.25) is 0 Å². The molecule has 0 aliphatic carbocycles. The standard InChI is InChI=1S/C19H16N2O3S2/c1-2-23-13-7-8-15-17(11-13)26-19(20-15)21(12-14-5-3-9-24-14)18(22)16-6-4-10-25-16/h3-11H,2,12H2,1H3. The summed E-state index contributed by atoms with van der Waals surface area (Å²) in [6, 6.07) is 13.1. The molecule has 0 atom stereocenters. The van der Waals surface area contributed by atoms with E-state index >= 15 is 0 Å². The lowest BCUT2D eigenvalue weighted by Gasteiger charge is -2.17. The first kappa shape index (κ1) is 16.8. The summed E-state index contributed by atoms with van der Waals surface area (Å²) in [5.41, 5.74) is 0.844. The molecule has 0 unspecified atom stereocenters. The predicted octanol–water partition coefficient (Wildman–Crippen LogP) is 5.20. The van der Waals surface area contributed by atoms with E-state index in [0.717, 1.165) is 16.0 Å². The van der Waals surface area contributed by atoms with Gasteiger partial charge in [-0.2, -0.15) is 0 Å². The summed E-state index contributed by atoms with van der Waals surface area (Å²) in [7, 11) is 0. The van der Waals surface area contributed by atoms with Gasteiger partial charge in [0, 0.05) is 0 Å². The van der Waals surface area contributed by atoms with Gasteiger partial charge in [-0.1, -0.05) is 17.4 Å². The molecule has 1 amide bonds. The van der Waals surface area contributed by atoms with Gasteiger partial charge in [0.05, 0.1) is 34.5 Å². The third kappa shape index (κ3) is 3.36. The second-order valence-electron chi connectivity index (χ2n) is 5.51. The smallest absolute Gasteiger partial charge is 0.270 e. The van der Waals surface area contributed by atoms with Crippen molar-refractivity contribution < 1.29 is 13.9 Å². The molecule has 0 radical (unpaired) electrons. The van der Waals surface area contributed by atoms with E-state index in [9.17, 15) is 4.79 Å². The number of carbonyl (C=O) groups excluding carboxylic acids is 1. The maximum Gasteiger partial charge on any atom is 0.270 e. The number of fused-ring (bicyclic) bond motifs is 1. The summed E-state index contributed by atoms with van der Waals surface area (Å²) in [4.78, 5) is 20.0. The zero-order chi connectivity index (χ0) is 17.9. The van der Waals surface area contributed by atoms with Gasteiger partial charge in [0.25, 0.3) is 5.91 Å². The number of anilines is 1. The van der Waals surface area contributed by atoms with Crippen LogP contribution in [-0.2, 0) is 6.54 Å². The summed E-state index contributed by atoms with van der Waals surface area (Å²) >= 11 is 2.89. The lowest BCUT2D eigenvalue weighted by molar-refractivity contribution is 0.0987. The molecule has 0 aliphatic heterocycles. The molecule has 0 aliphatic rings. The molecule has 3 heterocycles. The van der Waals surface area contributed by atoms with Crippen LogP contribution in [-0.4, -0.2) is 17.5 Å². The Morgan fingerprint density at radius 1 is 1.27 bits per heavy atom. The van der Waals surface area contributed by atoms with E-state index < -0.39 is 0 Å². The van der Waals surface area contributed by atoms with E-state index in [-0.39, 0.29) is 5.91 Å². The average molecular weight is 384 g/mol. The van der Waals surface area contributed by atoms with Crippen LogP contribution in [0.3, 0.4) is 0 Å². The summed E-state index contributed by atoms with van der Waals surface area (Å²) in [6.07, 6.45) is 1.61. The molecule has 26 heavy (non-hydrogen) atoms. The first-order chi connectivity index (χ1) is 12.7. The van der Waals surface area contributed by atoms with Gasteiger partial charge in [0.2, 0.25) is 0 Å². The molecule has 4 rings (SSSR count). The third-order valence-electron chi connectivity index (χ3n) is 3.76. The van der Waals surface area contributed by atoms with Crippen molar-refractivity contribution in [2.24, 2.45) is 0 Å². The van der Waals surface area contributed by atoms with Gasteiger partial charge in [-0.15, -0.1) is 11.3 Å². The number of amides is 1. The van der Waals surface area contributed by atoms with Crippen LogP contribution in [0, 0.1) is 0 Å². The minimum Gasteiger partial charge on any atom is -0.494 e. The fourth-order valence-corrected chi connectivity index (χ4v) is 4.25. The number of furan rings is 1. The van der Waals surface area contributed by atoms with E-state index in [0.29, 0.717) is 28.9 Å². The fourth-order valence-electron chi connectivity index (χ4n) is 2.58. The minimum atomic E-state index is -0.0829. The number of hydrogen-bond acceptors (Lipinski definition) is 6. The van der Waals surface area contributed by atoms with Gasteiger partial charge in [0.1, 0.15) is 11.5 Å². The average Bonchev–Trinajstić information content (AvgIpc) is 3.39. The Morgan fingerprint density at radius 2 is 2.19 bits per heavy atom. The van der Waals surface area contributed by atoms with E-state index in [2.05, 4.69) is 4.98 Å². The maximum absolute atomic E-state index is 13.0. The number of thiophene rings is 1. The highest BCUT2D eigenvalue weighted by Crippen LogP contribution is 2.33. The summed E-state index contributed by atoms with van der Waals surface area (Å²) in [6.45, 7) is 2.90. The molecule has 3 aromatic heterocycles. The number of ether oxygens (including phenoxy) is 1. The first-order valence-corrected chi connectivity index (χ1v) is 9.85. The molecule has 0 saturated carbocycles. The molecular weight excluding hydrogens is 368 g/mol. The molecule has 5 nitrogen and oxygen atoms in total. The quantitative estimate of drug-likeness (QED) is 0.459. The van der Waals surface area contributed by atoms with Crippen LogP contribution in [0.4, 0.5) is 5.13 Å². The molecule has 0 fully saturated rings. The minimum absolute atomic E-state index is 0.0829. The number of rotatable bonds is 6. The monoisotopic (exact) mass is 384 g/mol. The second-order valence-corrected chi connectivity index (χ2v) is 7.46. The highest BCUT2D eigenvalue weighted by molar-refractivity contribution is 7.22. The highest BCUT2D eigenvalue weighted by atomic mass is 32.1. The van der Waals surface area contributed by atoms with Crippen molar-refractivity contribution in [2.75, 3.05) is 11.5 Å². The number of nitrogens with zero attached hydrogens (tertiary/aromatic N) is 2. The maximum atomic E-state index is 13.0. The first-order valence-electron chi connectivity index (χ1n) is 8.15. The molecule has 0 spiro atoms. The third-order valence-corrected chi connectivity index (χ3v) is 5.66. The predicted molar refractivity (Wildman–Crippen MR) is 104 cm³/mol. The van der Waals surface area contributed by atoms with Gasteiger partial charge in [-0.05, 0) is 48.7 Å². The van der Waals surface area contributed by atoms with Gasteiger partial charge in [0.15, 0.2) is 5.13 Å². The van der Waals surface area contributed by atoms with E-state index in [1.807, 2.05) is 54.8 Å². The van der Waals surface area contributed by atoms with Crippen molar-refractivity contribution in [3.8, 4) is 5.75 Å². The van der Waals surface area contributed by atoms with Crippen molar-refractivity contribution in [2.45, 2.75) is 13.5 Å². The lowest BCUT2D eigenvalue weighted by atomic mass is 10.3. The van der Waals surface area contributed by atoms with Crippen LogP contribution >= 0.6 is 22.7 Å². The Labute approximate surface area is 158 Å². The van der Waals surface area contributed by atoms with Crippen molar-refractivity contribution in [1.29, 1.82) is 0 Å². The number of thiazole rings is 1. The van der Waals surface area contributed by atoms with Gasteiger partial charge in [-0.25, -0.2) is 4.98 Å². The Balaban J connectivity index is 1.72. The molecule has 1 aromatic carbocycles. The number of hydrogen-bond donors (Lipinski definition) is 0. The largest absolute Gasteiger partial charge is 0.494 e. The van der Waals surface area contributed by atoms with E-state index in [1.54, 1.807) is 11.2 Å². The molecule has 7 heteroatoms. The Bertz CT molecular complexity index is 1010. The van der Waals surface area contributed by atoms with Gasteiger partial charge in [-0.3, -0.25) is 9.69 Å². The van der Waals surface area contributed by atoms with Crippen LogP contribution < -0.4 is 9.64 Å². The van der Waals surface area contributed by atoms with E-state index in [1.165, 1.54) is 22.7 Å². The van der Waals surface area contributed by atoms with Crippen molar-refractivity contribution >= 4 is 43.9 Å². The number of aromatic nitrogens is 1. The second kappa shape index (κ2) is 7.31. The summed E-state index contributed by atoms with van der Waals surface area (Å²) < 4.78 is 12.0. The van der Waals surface area contributed by atoms with Gasteiger partial charge >= 0.3 is 0 Å². The van der Waals surface area contributed by atoms with Crippen LogP contribution in [0.5, 0.6) is 5.75 Å². The highest BCUT2D eigenvalue weighted by Gasteiger charge is 2.23. The SMILES string of the molecule is CCOc1ccc2nc(N(Cc3ccco3)C(=O)c3cccs3)sc2c1. The molecule has 0 saturated heterocycles. The van der Waals surface area contributed by atoms with Gasteiger partial charge < -0.3 is 9.15 Å².